The van der Waals surface area contributed by atoms with E-state index in [0.717, 1.165) is 14.8 Å². The van der Waals surface area contributed by atoms with E-state index in [0.29, 0.717) is 12.2 Å². The SMILES string of the molecule is CSc1ccc(S(=O)(=O)N(CC(=O)N(Cc2ccccc2F)[C@@H](C)C(=O)NCC(C)C)c2ccc(C)cc2)cc1. The normalized spacial score (nSPS) is 12.2. The smallest absolute Gasteiger partial charge is 0.264 e. The second-order valence-corrected chi connectivity index (χ2v) is 12.7. The summed E-state index contributed by atoms with van der Waals surface area (Å²) in [6, 6.07) is 18.2. The maximum Gasteiger partial charge on any atom is 0.264 e. The Hall–Kier alpha value is -3.37. The number of hydrogen-bond donors (Lipinski definition) is 1. The van der Waals surface area contributed by atoms with Gasteiger partial charge in [-0.15, -0.1) is 11.8 Å². The first-order valence-corrected chi connectivity index (χ1v) is 15.6. The van der Waals surface area contributed by atoms with Crippen LogP contribution in [0.15, 0.2) is 82.6 Å². The third kappa shape index (κ3) is 7.85. The van der Waals surface area contributed by atoms with Gasteiger partial charge in [0, 0.05) is 23.5 Å². The Bertz CT molecular complexity index is 1410. The van der Waals surface area contributed by atoms with Crippen molar-refractivity contribution in [2.75, 3.05) is 23.7 Å². The second kappa shape index (κ2) is 13.8. The van der Waals surface area contributed by atoms with E-state index in [-0.39, 0.29) is 22.9 Å². The molecule has 3 aromatic carbocycles. The van der Waals surface area contributed by atoms with Crippen molar-refractivity contribution >= 4 is 39.3 Å². The van der Waals surface area contributed by atoms with Crippen LogP contribution in [0.1, 0.15) is 31.9 Å². The minimum absolute atomic E-state index is 0.0297. The average Bonchev–Trinajstić information content (AvgIpc) is 2.94. The molecule has 0 spiro atoms. The molecule has 0 aliphatic heterocycles. The number of aryl methyl sites for hydroxylation is 1. The number of carbonyl (C=O) groups is 2. The number of hydrogen-bond acceptors (Lipinski definition) is 5. The predicted octanol–water partition coefficient (Wildman–Crippen LogP) is 5.24. The topological polar surface area (TPSA) is 86.8 Å². The molecule has 3 rings (SSSR count). The number of nitrogens with one attached hydrogen (secondary N) is 1. The van der Waals surface area contributed by atoms with E-state index >= 15 is 0 Å². The molecule has 7 nitrogen and oxygen atoms in total. The van der Waals surface area contributed by atoms with E-state index in [2.05, 4.69) is 5.32 Å². The number of nitrogens with zero attached hydrogens (tertiary/aromatic N) is 2. The molecule has 3 aromatic rings. The van der Waals surface area contributed by atoms with Crippen molar-refractivity contribution in [2.24, 2.45) is 5.92 Å². The van der Waals surface area contributed by atoms with Crippen molar-refractivity contribution in [1.29, 1.82) is 0 Å². The van der Waals surface area contributed by atoms with Gasteiger partial charge in [0.15, 0.2) is 0 Å². The maximum atomic E-state index is 14.6. The molecule has 40 heavy (non-hydrogen) atoms. The molecular formula is C30H36FN3O4S2. The Morgan fingerprint density at radius 2 is 1.57 bits per heavy atom. The number of halogens is 1. The van der Waals surface area contributed by atoms with E-state index in [1.807, 2.05) is 27.0 Å². The minimum Gasteiger partial charge on any atom is -0.354 e. The Balaban J connectivity index is 2.02. The average molecular weight is 586 g/mol. The largest absolute Gasteiger partial charge is 0.354 e. The highest BCUT2D eigenvalue weighted by Gasteiger charge is 2.33. The fourth-order valence-corrected chi connectivity index (χ4v) is 5.78. The van der Waals surface area contributed by atoms with Crippen molar-refractivity contribution in [3.05, 3.63) is 89.7 Å². The summed E-state index contributed by atoms with van der Waals surface area (Å²) in [6.45, 7) is 6.95. The van der Waals surface area contributed by atoms with Crippen LogP contribution in [-0.2, 0) is 26.2 Å². The highest BCUT2D eigenvalue weighted by atomic mass is 32.2. The lowest BCUT2D eigenvalue weighted by atomic mass is 10.1. The molecule has 0 aliphatic rings. The zero-order valence-corrected chi connectivity index (χ0v) is 25.1. The van der Waals surface area contributed by atoms with E-state index in [1.165, 1.54) is 47.0 Å². The summed E-state index contributed by atoms with van der Waals surface area (Å²) in [5.74, 6) is -1.38. The second-order valence-electron chi connectivity index (χ2n) is 9.95. The van der Waals surface area contributed by atoms with Gasteiger partial charge >= 0.3 is 0 Å². The van der Waals surface area contributed by atoms with Crippen molar-refractivity contribution in [3.8, 4) is 0 Å². The highest BCUT2D eigenvalue weighted by Crippen LogP contribution is 2.26. The number of amides is 2. The van der Waals surface area contributed by atoms with Gasteiger partial charge in [-0.1, -0.05) is 49.7 Å². The van der Waals surface area contributed by atoms with Crippen LogP contribution in [0.2, 0.25) is 0 Å². The molecule has 0 aromatic heterocycles. The van der Waals surface area contributed by atoms with Crippen molar-refractivity contribution in [3.63, 3.8) is 0 Å². The van der Waals surface area contributed by atoms with Gasteiger partial charge in [-0.3, -0.25) is 13.9 Å². The lowest BCUT2D eigenvalue weighted by Crippen LogP contribution is -2.51. The number of thioether (sulfide) groups is 1. The quantitative estimate of drug-likeness (QED) is 0.294. The number of rotatable bonds is 12. The van der Waals surface area contributed by atoms with Crippen LogP contribution in [0.4, 0.5) is 10.1 Å². The van der Waals surface area contributed by atoms with Crippen LogP contribution >= 0.6 is 11.8 Å². The zero-order chi connectivity index (χ0) is 29.4. The molecule has 0 heterocycles. The first-order valence-electron chi connectivity index (χ1n) is 13.0. The Morgan fingerprint density at radius 3 is 2.15 bits per heavy atom. The van der Waals surface area contributed by atoms with Gasteiger partial charge in [0.25, 0.3) is 10.0 Å². The van der Waals surface area contributed by atoms with Gasteiger partial charge in [0.05, 0.1) is 10.6 Å². The molecular weight excluding hydrogens is 549 g/mol. The molecule has 0 radical (unpaired) electrons. The first-order chi connectivity index (χ1) is 18.9. The zero-order valence-electron chi connectivity index (χ0n) is 23.4. The van der Waals surface area contributed by atoms with Crippen LogP contribution < -0.4 is 9.62 Å². The van der Waals surface area contributed by atoms with E-state index in [4.69, 9.17) is 0 Å². The lowest BCUT2D eigenvalue weighted by Gasteiger charge is -2.32. The van der Waals surface area contributed by atoms with Crippen LogP contribution in [0.25, 0.3) is 0 Å². The molecule has 10 heteroatoms. The summed E-state index contributed by atoms with van der Waals surface area (Å²) >= 11 is 1.48. The Morgan fingerprint density at radius 1 is 0.950 bits per heavy atom. The minimum atomic E-state index is -4.17. The third-order valence-corrected chi connectivity index (χ3v) is 8.93. The lowest BCUT2D eigenvalue weighted by molar-refractivity contribution is -0.139. The molecule has 0 bridgehead atoms. The predicted molar refractivity (Wildman–Crippen MR) is 158 cm³/mol. The summed E-state index contributed by atoms with van der Waals surface area (Å²) in [5.41, 5.74) is 1.45. The van der Waals surface area contributed by atoms with E-state index < -0.39 is 40.2 Å². The molecule has 0 saturated heterocycles. The molecule has 0 saturated carbocycles. The monoisotopic (exact) mass is 585 g/mol. The summed E-state index contributed by atoms with van der Waals surface area (Å²) in [5, 5.41) is 2.82. The van der Waals surface area contributed by atoms with Gasteiger partial charge in [-0.05, 0) is 68.5 Å². The molecule has 0 unspecified atom stereocenters. The third-order valence-electron chi connectivity index (χ3n) is 6.40. The summed E-state index contributed by atoms with van der Waals surface area (Å²) in [6.07, 6.45) is 1.89. The maximum absolute atomic E-state index is 14.6. The van der Waals surface area contributed by atoms with Gasteiger partial charge in [0.1, 0.15) is 18.4 Å². The first kappa shape index (κ1) is 31.2. The van der Waals surface area contributed by atoms with Crippen LogP contribution in [0.3, 0.4) is 0 Å². The Labute approximate surface area is 240 Å². The van der Waals surface area contributed by atoms with Gasteiger partial charge in [-0.25, -0.2) is 12.8 Å². The number of anilines is 1. The Kier molecular flexibility index (Phi) is 10.8. The highest BCUT2D eigenvalue weighted by molar-refractivity contribution is 7.98. The van der Waals surface area contributed by atoms with E-state index in [9.17, 15) is 22.4 Å². The molecule has 1 N–H and O–H groups in total. The van der Waals surface area contributed by atoms with Crippen molar-refractivity contribution in [1.82, 2.24) is 10.2 Å². The van der Waals surface area contributed by atoms with Crippen LogP contribution in [0, 0.1) is 18.7 Å². The fraction of sp³-hybridized carbons (Fsp3) is 0.333. The molecule has 0 aliphatic carbocycles. The summed E-state index contributed by atoms with van der Waals surface area (Å²) in [4.78, 5) is 29.0. The molecule has 2 amide bonds. The number of benzene rings is 3. The standard InChI is InChI=1S/C30H36FN3O4S2/c1-21(2)18-32-30(36)23(4)33(19-24-8-6-7-9-28(24)31)29(35)20-34(25-12-10-22(3)11-13-25)40(37,38)27-16-14-26(39-5)15-17-27/h6-17,21,23H,18-20H2,1-5H3,(H,32,36)/t23-/m0/s1. The molecule has 0 fully saturated rings. The van der Waals surface area contributed by atoms with Crippen LogP contribution in [0.5, 0.6) is 0 Å². The molecule has 214 valence electrons. The van der Waals surface area contributed by atoms with E-state index in [1.54, 1.807) is 49.4 Å². The molecule has 1 atom stereocenters. The van der Waals surface area contributed by atoms with Crippen molar-refractivity contribution in [2.45, 2.75) is 50.1 Å². The van der Waals surface area contributed by atoms with Gasteiger partial charge in [0.2, 0.25) is 11.8 Å². The van der Waals surface area contributed by atoms with Crippen LogP contribution in [-0.4, -0.2) is 50.5 Å². The fourth-order valence-electron chi connectivity index (χ4n) is 3.96. The number of carbonyl (C=O) groups excluding carboxylic acids is 2. The summed E-state index contributed by atoms with van der Waals surface area (Å²) in [7, 11) is -4.17. The van der Waals surface area contributed by atoms with Crippen molar-refractivity contribution < 1.29 is 22.4 Å². The van der Waals surface area contributed by atoms with Gasteiger partial charge < -0.3 is 10.2 Å². The summed E-state index contributed by atoms with van der Waals surface area (Å²) < 4.78 is 43.4. The van der Waals surface area contributed by atoms with Gasteiger partial charge in [-0.2, -0.15) is 0 Å². The number of sulfonamides is 1.